The van der Waals surface area contributed by atoms with E-state index in [1.807, 2.05) is 12.1 Å². The quantitative estimate of drug-likeness (QED) is 0.765. The summed E-state index contributed by atoms with van der Waals surface area (Å²) in [5, 5.41) is 2.71. The number of amides is 1. The van der Waals surface area contributed by atoms with Crippen molar-refractivity contribution in [1.82, 2.24) is 5.32 Å². The third kappa shape index (κ3) is 4.78. The van der Waals surface area contributed by atoms with Gasteiger partial charge in [-0.25, -0.2) is 0 Å². The number of rotatable bonds is 7. The van der Waals surface area contributed by atoms with Crippen LogP contribution in [0, 0.1) is 0 Å². The molecule has 0 radical (unpaired) electrons. The van der Waals surface area contributed by atoms with Crippen LogP contribution in [0.15, 0.2) is 36.9 Å². The Morgan fingerprint density at radius 2 is 2.00 bits per heavy atom. The monoisotopic (exact) mass is 261 g/mol. The van der Waals surface area contributed by atoms with Crippen LogP contribution in [0.5, 0.6) is 5.75 Å². The maximum atomic E-state index is 11.6. The van der Waals surface area contributed by atoms with Gasteiger partial charge in [-0.05, 0) is 37.0 Å². The maximum absolute atomic E-state index is 11.6. The van der Waals surface area contributed by atoms with Crippen molar-refractivity contribution in [2.24, 2.45) is 0 Å². The van der Waals surface area contributed by atoms with Gasteiger partial charge in [0.25, 0.3) is 5.91 Å². The van der Waals surface area contributed by atoms with Crippen LogP contribution < -0.4 is 10.1 Å². The second-order valence-electron chi connectivity index (χ2n) is 4.67. The Labute approximate surface area is 115 Å². The van der Waals surface area contributed by atoms with Crippen LogP contribution in [0.25, 0.3) is 0 Å². The summed E-state index contributed by atoms with van der Waals surface area (Å²) in [6.07, 6.45) is 2.25. The number of nitrogens with one attached hydrogen (secondary N) is 1. The molecule has 0 aromatic heterocycles. The Balaban J connectivity index is 2.57. The summed E-state index contributed by atoms with van der Waals surface area (Å²) in [5.74, 6) is 1.13. The fourth-order valence-corrected chi connectivity index (χ4v) is 1.68. The van der Waals surface area contributed by atoms with Crippen LogP contribution in [-0.2, 0) is 4.79 Å². The summed E-state index contributed by atoms with van der Waals surface area (Å²) in [7, 11) is 0. The van der Waals surface area contributed by atoms with E-state index in [0.717, 1.165) is 6.42 Å². The lowest BCUT2D eigenvalue weighted by Crippen LogP contribution is -2.36. The number of hydrogen-bond donors (Lipinski definition) is 1. The Morgan fingerprint density at radius 3 is 2.53 bits per heavy atom. The van der Waals surface area contributed by atoms with E-state index in [9.17, 15) is 4.79 Å². The van der Waals surface area contributed by atoms with Gasteiger partial charge < -0.3 is 10.1 Å². The van der Waals surface area contributed by atoms with Crippen LogP contribution in [0.1, 0.15) is 38.7 Å². The van der Waals surface area contributed by atoms with E-state index in [0.29, 0.717) is 18.2 Å². The molecular formula is C16H23NO2. The standard InChI is InChI=1S/C16H23NO2/c1-5-11-17-16(18)13(4)19-15-9-7-14(8-10-15)12(3)6-2/h5,7-10,12-13H,1,6,11H2,2-4H3,(H,17,18). The molecule has 0 saturated heterocycles. The minimum Gasteiger partial charge on any atom is -0.481 e. The lowest BCUT2D eigenvalue weighted by Gasteiger charge is -2.15. The molecule has 1 N–H and O–H groups in total. The highest BCUT2D eigenvalue weighted by molar-refractivity contribution is 5.80. The fraction of sp³-hybridized carbons (Fsp3) is 0.438. The SMILES string of the molecule is C=CCNC(=O)C(C)Oc1ccc(C(C)CC)cc1. The molecule has 0 aliphatic rings. The van der Waals surface area contributed by atoms with Crippen LogP contribution in [0.4, 0.5) is 0 Å². The van der Waals surface area contributed by atoms with Crippen molar-refractivity contribution in [2.75, 3.05) is 6.54 Å². The normalized spacial score (nSPS) is 13.4. The van der Waals surface area contributed by atoms with E-state index < -0.39 is 6.10 Å². The van der Waals surface area contributed by atoms with E-state index >= 15 is 0 Å². The molecule has 19 heavy (non-hydrogen) atoms. The molecule has 0 aliphatic heterocycles. The highest BCUT2D eigenvalue weighted by atomic mass is 16.5. The number of carbonyl (C=O) groups is 1. The molecule has 0 spiro atoms. The first kappa shape index (κ1) is 15.3. The minimum atomic E-state index is -0.505. The van der Waals surface area contributed by atoms with Crippen LogP contribution in [0.3, 0.4) is 0 Å². The number of ether oxygens (including phenoxy) is 1. The van der Waals surface area contributed by atoms with Crippen LogP contribution >= 0.6 is 0 Å². The first-order chi connectivity index (χ1) is 9.08. The van der Waals surface area contributed by atoms with Crippen molar-refractivity contribution in [3.63, 3.8) is 0 Å². The molecule has 3 nitrogen and oxygen atoms in total. The topological polar surface area (TPSA) is 38.3 Å². The molecule has 0 saturated carbocycles. The predicted molar refractivity (Wildman–Crippen MR) is 78.4 cm³/mol. The van der Waals surface area contributed by atoms with Gasteiger partial charge in [-0.2, -0.15) is 0 Å². The van der Waals surface area contributed by atoms with Gasteiger partial charge in [-0.15, -0.1) is 6.58 Å². The van der Waals surface area contributed by atoms with Gasteiger partial charge in [0, 0.05) is 6.54 Å². The molecule has 1 aromatic carbocycles. The molecule has 3 heteroatoms. The van der Waals surface area contributed by atoms with Gasteiger partial charge in [-0.1, -0.05) is 32.1 Å². The van der Waals surface area contributed by atoms with E-state index in [2.05, 4.69) is 37.9 Å². The van der Waals surface area contributed by atoms with Gasteiger partial charge in [0.1, 0.15) is 5.75 Å². The molecule has 2 atom stereocenters. The van der Waals surface area contributed by atoms with Gasteiger partial charge >= 0.3 is 0 Å². The van der Waals surface area contributed by atoms with E-state index in [1.54, 1.807) is 13.0 Å². The van der Waals surface area contributed by atoms with Crippen molar-refractivity contribution in [1.29, 1.82) is 0 Å². The first-order valence-electron chi connectivity index (χ1n) is 6.73. The number of hydrogen-bond acceptors (Lipinski definition) is 2. The largest absolute Gasteiger partial charge is 0.481 e. The minimum absolute atomic E-state index is 0.133. The molecule has 1 rings (SSSR count). The third-order valence-electron chi connectivity index (χ3n) is 3.16. The lowest BCUT2D eigenvalue weighted by molar-refractivity contribution is -0.127. The molecule has 1 aromatic rings. The summed E-state index contributed by atoms with van der Waals surface area (Å²) < 4.78 is 5.60. The number of benzene rings is 1. The summed E-state index contributed by atoms with van der Waals surface area (Å²) >= 11 is 0. The average Bonchev–Trinajstić information content (AvgIpc) is 2.44. The predicted octanol–water partition coefficient (Wildman–Crippen LogP) is 3.27. The summed E-state index contributed by atoms with van der Waals surface area (Å²) in [5.41, 5.74) is 1.29. The van der Waals surface area contributed by atoms with Crippen molar-refractivity contribution < 1.29 is 9.53 Å². The zero-order valence-electron chi connectivity index (χ0n) is 12.0. The van der Waals surface area contributed by atoms with E-state index in [-0.39, 0.29) is 5.91 Å². The van der Waals surface area contributed by atoms with Gasteiger partial charge in [-0.3, -0.25) is 4.79 Å². The molecule has 1 amide bonds. The van der Waals surface area contributed by atoms with Crippen molar-refractivity contribution in [3.05, 3.63) is 42.5 Å². The van der Waals surface area contributed by atoms with Crippen LogP contribution in [-0.4, -0.2) is 18.6 Å². The zero-order valence-corrected chi connectivity index (χ0v) is 12.0. The van der Waals surface area contributed by atoms with E-state index in [1.165, 1.54) is 5.56 Å². The average molecular weight is 261 g/mol. The molecule has 0 fully saturated rings. The third-order valence-corrected chi connectivity index (χ3v) is 3.16. The Bertz CT molecular complexity index is 411. The highest BCUT2D eigenvalue weighted by Gasteiger charge is 2.13. The zero-order chi connectivity index (χ0) is 14.3. The van der Waals surface area contributed by atoms with Gasteiger partial charge in [0.05, 0.1) is 0 Å². The van der Waals surface area contributed by atoms with Crippen molar-refractivity contribution in [2.45, 2.75) is 39.2 Å². The Kier molecular flexibility index (Phi) is 6.13. The smallest absolute Gasteiger partial charge is 0.261 e. The van der Waals surface area contributed by atoms with Crippen molar-refractivity contribution in [3.8, 4) is 5.75 Å². The van der Waals surface area contributed by atoms with E-state index in [4.69, 9.17) is 4.74 Å². The number of carbonyl (C=O) groups excluding carboxylic acids is 1. The second-order valence-corrected chi connectivity index (χ2v) is 4.67. The summed E-state index contributed by atoms with van der Waals surface area (Å²) in [6.45, 7) is 10.1. The summed E-state index contributed by atoms with van der Waals surface area (Å²) in [4.78, 5) is 11.6. The molecule has 0 aliphatic carbocycles. The van der Waals surface area contributed by atoms with Crippen molar-refractivity contribution >= 4 is 5.91 Å². The maximum Gasteiger partial charge on any atom is 0.261 e. The fourth-order valence-electron chi connectivity index (χ4n) is 1.68. The first-order valence-corrected chi connectivity index (χ1v) is 6.73. The van der Waals surface area contributed by atoms with Gasteiger partial charge in [0.15, 0.2) is 6.10 Å². The Morgan fingerprint density at radius 1 is 1.37 bits per heavy atom. The molecular weight excluding hydrogens is 238 g/mol. The van der Waals surface area contributed by atoms with Gasteiger partial charge in [0.2, 0.25) is 0 Å². The summed E-state index contributed by atoms with van der Waals surface area (Å²) in [6, 6.07) is 7.94. The molecule has 104 valence electrons. The molecule has 0 bridgehead atoms. The highest BCUT2D eigenvalue weighted by Crippen LogP contribution is 2.21. The lowest BCUT2D eigenvalue weighted by atomic mass is 9.99. The van der Waals surface area contributed by atoms with Crippen LogP contribution in [0.2, 0.25) is 0 Å². The molecule has 0 heterocycles. The molecule has 2 unspecified atom stereocenters. The Hall–Kier alpha value is -1.77. The second kappa shape index (κ2) is 7.62.